The first-order valence-corrected chi connectivity index (χ1v) is 4.98. The number of rotatable bonds is 1. The van der Waals surface area contributed by atoms with Crippen molar-refractivity contribution in [2.75, 3.05) is 0 Å². The highest BCUT2D eigenvalue weighted by Gasteiger charge is 2.41. The van der Waals surface area contributed by atoms with Crippen molar-refractivity contribution in [1.29, 1.82) is 0 Å². The lowest BCUT2D eigenvalue weighted by atomic mass is 9.93. The quantitative estimate of drug-likeness (QED) is 0.645. The minimum atomic E-state index is 0.235. The zero-order chi connectivity index (χ0) is 8.77. The van der Waals surface area contributed by atoms with Crippen molar-refractivity contribution in [2.24, 2.45) is 0 Å². The summed E-state index contributed by atoms with van der Waals surface area (Å²) in [5.41, 5.74) is 0.235. The largest absolute Gasteiger partial charge is 0.373 e. The van der Waals surface area contributed by atoms with Crippen LogP contribution in [0, 0.1) is 0 Å². The van der Waals surface area contributed by atoms with Crippen LogP contribution in [0.1, 0.15) is 40.0 Å². The molecule has 2 aliphatic heterocycles. The minimum absolute atomic E-state index is 0.235. The van der Waals surface area contributed by atoms with E-state index in [-0.39, 0.29) is 5.54 Å². The van der Waals surface area contributed by atoms with Gasteiger partial charge in [-0.1, -0.05) is 0 Å². The topological polar surface area (TPSA) is 21.3 Å². The average Bonchev–Trinajstić information content (AvgIpc) is 2.42. The second-order valence-corrected chi connectivity index (χ2v) is 5.11. The number of hydrogen-bond donors (Lipinski definition) is 1. The fourth-order valence-corrected chi connectivity index (χ4v) is 2.35. The minimum Gasteiger partial charge on any atom is -0.373 e. The molecule has 0 unspecified atom stereocenters. The first-order valence-electron chi connectivity index (χ1n) is 4.98. The van der Waals surface area contributed by atoms with E-state index in [4.69, 9.17) is 4.74 Å². The van der Waals surface area contributed by atoms with Crippen molar-refractivity contribution < 1.29 is 4.74 Å². The van der Waals surface area contributed by atoms with Gasteiger partial charge in [0.15, 0.2) is 0 Å². The molecule has 12 heavy (non-hydrogen) atoms. The zero-order valence-electron chi connectivity index (χ0n) is 8.26. The Bertz CT molecular complexity index is 173. The predicted octanol–water partition coefficient (Wildman–Crippen LogP) is 1.69. The van der Waals surface area contributed by atoms with E-state index in [9.17, 15) is 0 Å². The van der Waals surface area contributed by atoms with Gasteiger partial charge >= 0.3 is 0 Å². The molecular formula is C10H19NO. The van der Waals surface area contributed by atoms with E-state index in [0.717, 1.165) is 0 Å². The molecule has 2 rings (SSSR count). The molecular weight excluding hydrogens is 150 g/mol. The van der Waals surface area contributed by atoms with Crippen molar-refractivity contribution in [1.82, 2.24) is 5.32 Å². The van der Waals surface area contributed by atoms with E-state index < -0.39 is 0 Å². The van der Waals surface area contributed by atoms with Crippen molar-refractivity contribution >= 4 is 0 Å². The Morgan fingerprint density at radius 2 is 2.00 bits per heavy atom. The van der Waals surface area contributed by atoms with Crippen molar-refractivity contribution in [2.45, 2.75) is 63.8 Å². The van der Waals surface area contributed by atoms with Gasteiger partial charge in [0.1, 0.15) is 0 Å². The van der Waals surface area contributed by atoms with Gasteiger partial charge in [-0.25, -0.2) is 0 Å². The lowest BCUT2D eigenvalue weighted by Crippen LogP contribution is -2.48. The third-order valence-electron chi connectivity index (χ3n) is 2.72. The Labute approximate surface area is 74.7 Å². The Morgan fingerprint density at radius 3 is 2.42 bits per heavy atom. The molecule has 0 aliphatic carbocycles. The number of hydrogen-bond acceptors (Lipinski definition) is 2. The van der Waals surface area contributed by atoms with E-state index in [1.54, 1.807) is 0 Å². The molecule has 0 aromatic carbocycles. The number of nitrogens with one attached hydrogen (secondary N) is 1. The number of ether oxygens (including phenoxy) is 1. The fourth-order valence-electron chi connectivity index (χ4n) is 2.35. The maximum Gasteiger partial charge on any atom is 0.0733 e. The van der Waals surface area contributed by atoms with Crippen LogP contribution in [0.2, 0.25) is 0 Å². The van der Waals surface area contributed by atoms with E-state index in [0.29, 0.717) is 18.2 Å². The van der Waals surface area contributed by atoms with E-state index in [1.165, 1.54) is 19.3 Å². The van der Waals surface area contributed by atoms with Crippen LogP contribution in [-0.4, -0.2) is 23.8 Å². The smallest absolute Gasteiger partial charge is 0.0733 e. The summed E-state index contributed by atoms with van der Waals surface area (Å²) < 4.78 is 5.77. The van der Waals surface area contributed by atoms with Crippen molar-refractivity contribution in [3.8, 4) is 0 Å². The summed E-state index contributed by atoms with van der Waals surface area (Å²) in [4.78, 5) is 0. The molecule has 2 bridgehead atoms. The molecule has 2 fully saturated rings. The first-order chi connectivity index (χ1) is 5.54. The third-order valence-corrected chi connectivity index (χ3v) is 2.72. The van der Waals surface area contributed by atoms with Crippen molar-refractivity contribution in [3.05, 3.63) is 0 Å². The average molecular weight is 169 g/mol. The molecule has 70 valence electrons. The molecule has 3 atom stereocenters. The summed E-state index contributed by atoms with van der Waals surface area (Å²) in [5, 5.41) is 3.62. The van der Waals surface area contributed by atoms with Crippen LogP contribution in [0.3, 0.4) is 0 Å². The summed E-state index contributed by atoms with van der Waals surface area (Å²) in [7, 11) is 0. The van der Waals surface area contributed by atoms with Gasteiger partial charge in [-0.05, 0) is 40.0 Å². The van der Waals surface area contributed by atoms with Crippen LogP contribution < -0.4 is 5.32 Å². The van der Waals surface area contributed by atoms with E-state index >= 15 is 0 Å². The number of fused-ring (bicyclic) bond motifs is 2. The highest BCUT2D eigenvalue weighted by atomic mass is 16.5. The molecule has 2 aliphatic rings. The molecule has 2 heterocycles. The van der Waals surface area contributed by atoms with Crippen LogP contribution >= 0.6 is 0 Å². The van der Waals surface area contributed by atoms with Gasteiger partial charge in [-0.3, -0.25) is 0 Å². The summed E-state index contributed by atoms with van der Waals surface area (Å²) in [6, 6.07) is 0.615. The van der Waals surface area contributed by atoms with Gasteiger partial charge in [0.05, 0.1) is 12.2 Å². The third kappa shape index (κ3) is 1.64. The summed E-state index contributed by atoms with van der Waals surface area (Å²) >= 11 is 0. The normalized spacial score (nSPS) is 40.8. The Hall–Kier alpha value is -0.0800. The second kappa shape index (κ2) is 2.71. The Balaban J connectivity index is 1.91. The van der Waals surface area contributed by atoms with E-state index in [2.05, 4.69) is 26.1 Å². The molecule has 0 spiro atoms. The molecule has 2 saturated heterocycles. The van der Waals surface area contributed by atoms with Crippen LogP contribution in [0.25, 0.3) is 0 Å². The van der Waals surface area contributed by atoms with Gasteiger partial charge in [0.25, 0.3) is 0 Å². The molecule has 1 N–H and O–H groups in total. The standard InChI is InChI=1S/C10H19NO/c1-10(2,3)11-8-6-7-4-5-9(8)12-7/h7-9,11H,4-6H2,1-3H3/t7-,8-,9+/m1/s1. The van der Waals surface area contributed by atoms with Gasteiger partial charge in [0, 0.05) is 11.6 Å². The molecule has 0 saturated carbocycles. The zero-order valence-corrected chi connectivity index (χ0v) is 8.26. The summed E-state index contributed by atoms with van der Waals surface area (Å²) in [5.74, 6) is 0. The maximum absolute atomic E-state index is 5.77. The first kappa shape index (κ1) is 8.52. The molecule has 0 aromatic rings. The van der Waals surface area contributed by atoms with E-state index in [1.807, 2.05) is 0 Å². The molecule has 0 aromatic heterocycles. The van der Waals surface area contributed by atoms with Crippen LogP contribution in [0.4, 0.5) is 0 Å². The van der Waals surface area contributed by atoms with Gasteiger partial charge in [-0.15, -0.1) is 0 Å². The van der Waals surface area contributed by atoms with Crippen molar-refractivity contribution in [3.63, 3.8) is 0 Å². The molecule has 0 radical (unpaired) electrons. The van der Waals surface area contributed by atoms with Gasteiger partial charge in [-0.2, -0.15) is 0 Å². The summed E-state index contributed by atoms with van der Waals surface area (Å²) in [6.07, 6.45) is 4.84. The highest BCUT2D eigenvalue weighted by Crippen LogP contribution is 2.34. The van der Waals surface area contributed by atoms with Crippen LogP contribution in [0.15, 0.2) is 0 Å². The van der Waals surface area contributed by atoms with Gasteiger partial charge in [0.2, 0.25) is 0 Å². The molecule has 2 nitrogen and oxygen atoms in total. The van der Waals surface area contributed by atoms with Gasteiger partial charge < -0.3 is 10.1 Å². The fraction of sp³-hybridized carbons (Fsp3) is 1.00. The lowest BCUT2D eigenvalue weighted by Gasteiger charge is -2.29. The second-order valence-electron chi connectivity index (χ2n) is 5.11. The monoisotopic (exact) mass is 169 g/mol. The Kier molecular flexibility index (Phi) is 1.92. The maximum atomic E-state index is 5.77. The lowest BCUT2D eigenvalue weighted by molar-refractivity contribution is 0.0942. The predicted molar refractivity (Wildman–Crippen MR) is 49.2 cm³/mol. The molecule has 2 heteroatoms. The van der Waals surface area contributed by atoms with Crippen LogP contribution in [0.5, 0.6) is 0 Å². The highest BCUT2D eigenvalue weighted by molar-refractivity contribution is 4.96. The molecule has 0 amide bonds. The van der Waals surface area contributed by atoms with Crippen LogP contribution in [-0.2, 0) is 4.74 Å². The summed E-state index contributed by atoms with van der Waals surface area (Å²) in [6.45, 7) is 6.66. The SMILES string of the molecule is CC(C)(C)N[C@@H]1C[C@H]2CC[C@@H]1O2. The Morgan fingerprint density at radius 1 is 1.25 bits per heavy atom.